The number of hydrogen-bond donors (Lipinski definition) is 0. The summed E-state index contributed by atoms with van der Waals surface area (Å²) in [5.74, 6) is -0.932. The predicted octanol–water partition coefficient (Wildman–Crippen LogP) is 1.15. The fourth-order valence-electron chi connectivity index (χ4n) is 0.519. The molecule has 0 aliphatic carbocycles. The van der Waals surface area contributed by atoms with Crippen LogP contribution in [0.5, 0.6) is 0 Å². The number of aliphatic carboxylic acids is 1. The van der Waals surface area contributed by atoms with Crippen molar-refractivity contribution in [3.63, 3.8) is 0 Å². The maximum Gasteiger partial charge on any atom is 2.00 e. The zero-order valence-corrected chi connectivity index (χ0v) is 8.16. The Morgan fingerprint density at radius 2 is 1.82 bits per heavy atom. The molecule has 3 heteroatoms. The van der Waals surface area contributed by atoms with Gasteiger partial charge in [0, 0.05) is 5.97 Å². The average molecular weight is 203 g/mol. The summed E-state index contributed by atoms with van der Waals surface area (Å²) in [7, 11) is 0. The minimum atomic E-state index is -0.932. The quantitative estimate of drug-likeness (QED) is 0.390. The van der Waals surface area contributed by atoms with E-state index in [2.05, 4.69) is 6.92 Å². The van der Waals surface area contributed by atoms with Crippen molar-refractivity contribution >= 4 is 5.97 Å². The van der Waals surface area contributed by atoms with Crippen LogP contribution in [0.15, 0.2) is 0 Å². The summed E-state index contributed by atoms with van der Waals surface area (Å²) in [4.78, 5) is 9.76. The molecular formula is C8H16NiO2. The fraction of sp³-hybridized carbons (Fsp3) is 0.750. The van der Waals surface area contributed by atoms with E-state index in [0.717, 1.165) is 19.3 Å². The number of carbonyl (C=O) groups excluding carboxylic acids is 1. The zero-order valence-electron chi connectivity index (χ0n) is 7.17. The van der Waals surface area contributed by atoms with Gasteiger partial charge in [-0.15, -0.1) is 0 Å². The van der Waals surface area contributed by atoms with Crippen LogP contribution in [0.2, 0.25) is 0 Å². The van der Waals surface area contributed by atoms with Crippen molar-refractivity contribution in [2.75, 3.05) is 0 Å². The maximum atomic E-state index is 9.76. The molecule has 0 N–H and O–H groups in total. The molecule has 0 aromatic carbocycles. The smallest absolute Gasteiger partial charge is 0.550 e. The summed E-state index contributed by atoms with van der Waals surface area (Å²) in [6.45, 7) is 7.04. The van der Waals surface area contributed by atoms with Crippen LogP contribution in [0.25, 0.3) is 0 Å². The van der Waals surface area contributed by atoms with Crippen LogP contribution in [-0.2, 0) is 21.3 Å². The molecule has 0 fully saturated rings. The zero-order chi connectivity index (χ0) is 8.41. The van der Waals surface area contributed by atoms with Gasteiger partial charge in [-0.05, 0) is 12.8 Å². The van der Waals surface area contributed by atoms with Gasteiger partial charge in [-0.1, -0.05) is 19.8 Å². The number of hydrogen-bond acceptors (Lipinski definition) is 2. The van der Waals surface area contributed by atoms with Crippen LogP contribution in [0.1, 0.15) is 39.5 Å². The van der Waals surface area contributed by atoms with Crippen molar-refractivity contribution in [3.05, 3.63) is 6.92 Å². The van der Waals surface area contributed by atoms with Gasteiger partial charge in [0.15, 0.2) is 0 Å². The van der Waals surface area contributed by atoms with Crippen molar-refractivity contribution in [2.45, 2.75) is 39.5 Å². The Hall–Kier alpha value is -0.0365. The molecule has 0 unspecified atom stereocenters. The van der Waals surface area contributed by atoms with E-state index in [1.165, 1.54) is 0 Å². The van der Waals surface area contributed by atoms with Crippen LogP contribution in [0.3, 0.4) is 0 Å². The van der Waals surface area contributed by atoms with Gasteiger partial charge >= 0.3 is 16.5 Å². The van der Waals surface area contributed by atoms with E-state index in [0.29, 0.717) is 0 Å². The Morgan fingerprint density at radius 1 is 1.36 bits per heavy atom. The van der Waals surface area contributed by atoms with E-state index in [9.17, 15) is 9.90 Å². The number of carbonyl (C=O) groups is 1. The third kappa shape index (κ3) is 25.6. The second-order valence-electron chi connectivity index (χ2n) is 1.83. The first-order chi connectivity index (χ1) is 4.77. The molecule has 0 rings (SSSR count). The average Bonchev–Trinajstić information content (AvgIpc) is 1.92. The largest absolute Gasteiger partial charge is 2.00 e. The Morgan fingerprint density at radius 3 is 2.09 bits per heavy atom. The van der Waals surface area contributed by atoms with E-state index in [1.807, 2.05) is 6.92 Å². The molecule has 0 aromatic heterocycles. The van der Waals surface area contributed by atoms with Gasteiger partial charge in [0.05, 0.1) is 0 Å². The molecule has 0 saturated heterocycles. The predicted molar refractivity (Wildman–Crippen MR) is 40.2 cm³/mol. The van der Waals surface area contributed by atoms with Gasteiger partial charge in [-0.3, -0.25) is 0 Å². The van der Waals surface area contributed by atoms with Crippen LogP contribution < -0.4 is 5.11 Å². The number of rotatable bonds is 4. The molecule has 0 aliphatic rings. The second kappa shape index (κ2) is 16.5. The standard InChI is InChI=1S/C6H12O2.C2H5.Ni/c1-2-3-4-5-6(7)8;1-2;/h2-5H2,1H3,(H,7,8);1H2,2H3;/q;-1;+2/p-1. The van der Waals surface area contributed by atoms with Crippen LogP contribution >= 0.6 is 0 Å². The Kier molecular flexibility index (Phi) is 25.8. The normalized spacial score (nSPS) is 7.18. The molecule has 11 heavy (non-hydrogen) atoms. The van der Waals surface area contributed by atoms with Crippen molar-refractivity contribution in [3.8, 4) is 0 Å². The first kappa shape index (κ1) is 17.2. The fourth-order valence-corrected chi connectivity index (χ4v) is 0.519. The Bertz CT molecular complexity index is 74.5. The summed E-state index contributed by atoms with van der Waals surface area (Å²) >= 11 is 0. The van der Waals surface area contributed by atoms with Gasteiger partial charge < -0.3 is 16.8 Å². The third-order valence-electron chi connectivity index (χ3n) is 0.984. The molecule has 2 nitrogen and oxygen atoms in total. The van der Waals surface area contributed by atoms with Gasteiger partial charge in [0.1, 0.15) is 0 Å². The Labute approximate surface area is 79.3 Å². The SMILES string of the molecule is CCCCCC(=O)[O-].[CH2-]C.[Ni+2]. The van der Waals surface area contributed by atoms with E-state index < -0.39 is 5.97 Å². The van der Waals surface area contributed by atoms with Gasteiger partial charge in [0.25, 0.3) is 0 Å². The van der Waals surface area contributed by atoms with Gasteiger partial charge in [-0.2, -0.15) is 6.92 Å². The Balaban J connectivity index is -0.000000196. The molecular weight excluding hydrogens is 187 g/mol. The summed E-state index contributed by atoms with van der Waals surface area (Å²) in [5.41, 5.74) is 0. The summed E-state index contributed by atoms with van der Waals surface area (Å²) in [6, 6.07) is 0. The molecule has 0 aromatic rings. The van der Waals surface area contributed by atoms with Crippen LogP contribution in [-0.4, -0.2) is 5.97 Å². The maximum absolute atomic E-state index is 9.76. The van der Waals surface area contributed by atoms with Crippen molar-refractivity contribution in [1.82, 2.24) is 0 Å². The summed E-state index contributed by atoms with van der Waals surface area (Å²) in [5, 5.41) is 9.76. The molecule has 0 atom stereocenters. The third-order valence-corrected chi connectivity index (χ3v) is 0.984. The van der Waals surface area contributed by atoms with Crippen molar-refractivity contribution in [1.29, 1.82) is 0 Å². The van der Waals surface area contributed by atoms with Crippen LogP contribution in [0.4, 0.5) is 0 Å². The topological polar surface area (TPSA) is 40.1 Å². The van der Waals surface area contributed by atoms with Gasteiger partial charge in [-0.25, -0.2) is 0 Å². The first-order valence-corrected chi connectivity index (χ1v) is 3.68. The second-order valence-corrected chi connectivity index (χ2v) is 1.83. The van der Waals surface area contributed by atoms with Crippen LogP contribution in [0, 0.1) is 6.92 Å². The van der Waals surface area contributed by atoms with Crippen molar-refractivity contribution in [2.24, 2.45) is 0 Å². The van der Waals surface area contributed by atoms with E-state index in [4.69, 9.17) is 0 Å². The summed E-state index contributed by atoms with van der Waals surface area (Å²) in [6.07, 6.45) is 3.04. The van der Waals surface area contributed by atoms with E-state index >= 15 is 0 Å². The van der Waals surface area contributed by atoms with E-state index in [-0.39, 0.29) is 22.9 Å². The first-order valence-electron chi connectivity index (χ1n) is 3.68. The number of carboxylic acid groups (broad SMARTS) is 1. The van der Waals surface area contributed by atoms with Crippen molar-refractivity contribution < 1.29 is 26.4 Å². The summed E-state index contributed by atoms with van der Waals surface area (Å²) < 4.78 is 0. The van der Waals surface area contributed by atoms with Gasteiger partial charge in [0.2, 0.25) is 0 Å². The molecule has 70 valence electrons. The molecule has 0 aliphatic heterocycles. The number of unbranched alkanes of at least 4 members (excludes halogenated alkanes) is 2. The molecule has 0 spiro atoms. The molecule has 0 amide bonds. The minimum Gasteiger partial charge on any atom is -0.550 e. The molecule has 0 saturated carbocycles. The molecule has 0 bridgehead atoms. The number of carboxylic acids is 1. The molecule has 0 heterocycles. The van der Waals surface area contributed by atoms with E-state index in [1.54, 1.807) is 6.92 Å². The molecule has 0 radical (unpaired) electrons. The minimum absolute atomic E-state index is 0. The monoisotopic (exact) mass is 202 g/mol.